The first-order chi connectivity index (χ1) is 6.68. The highest BCUT2D eigenvalue weighted by Crippen LogP contribution is 2.11. The summed E-state index contributed by atoms with van der Waals surface area (Å²) in [5.74, 6) is -0.00887. The highest BCUT2D eigenvalue weighted by molar-refractivity contribution is 5.27. The molecule has 0 saturated carbocycles. The van der Waals surface area contributed by atoms with Gasteiger partial charge < -0.3 is 9.84 Å². The topological polar surface area (TPSA) is 29.5 Å². The molecule has 2 heteroatoms. The maximum absolute atomic E-state index is 9.05. The molecule has 0 unspecified atom stereocenters. The third kappa shape index (κ3) is 1.48. The maximum atomic E-state index is 9.05. The van der Waals surface area contributed by atoms with Crippen LogP contribution >= 0.6 is 0 Å². The Morgan fingerprint density at radius 2 is 2.70 bits per heavy atom. The maximum Gasteiger partial charge on any atom is 0.119 e. The monoisotopic (exact) mass is 143 g/mol. The van der Waals surface area contributed by atoms with Crippen LogP contribution in [0.4, 0.5) is 0 Å². The molecule has 0 aliphatic rings. The van der Waals surface area contributed by atoms with Crippen molar-refractivity contribution >= 4 is 0 Å². The van der Waals surface area contributed by atoms with E-state index in [9.17, 15) is 0 Å². The van der Waals surface area contributed by atoms with E-state index in [1.54, 1.807) is 0 Å². The molecule has 0 saturated heterocycles. The highest BCUT2D eigenvalue weighted by Gasteiger charge is 1.91. The Labute approximate surface area is 67.1 Å². The summed E-state index contributed by atoms with van der Waals surface area (Å²) < 4.78 is 39.2. The van der Waals surface area contributed by atoms with E-state index in [-0.39, 0.29) is 11.3 Å². The number of ether oxygens (including phenoxy) is 1. The third-order valence-corrected chi connectivity index (χ3v) is 1.08. The Balaban J connectivity index is 2.94. The Morgan fingerprint density at radius 3 is 3.40 bits per heavy atom. The summed E-state index contributed by atoms with van der Waals surface area (Å²) in [6, 6.07) is 5.27. The van der Waals surface area contributed by atoms with E-state index >= 15 is 0 Å². The number of hydrogen-bond acceptors (Lipinski definition) is 2. The van der Waals surface area contributed by atoms with Gasteiger partial charge in [0.15, 0.2) is 0 Å². The summed E-state index contributed by atoms with van der Waals surface area (Å²) in [7, 11) is -2.58. The van der Waals surface area contributed by atoms with Crippen molar-refractivity contribution in [3.8, 4) is 5.75 Å². The molecule has 0 spiro atoms. The molecule has 0 atom stereocenters. The van der Waals surface area contributed by atoms with Crippen LogP contribution in [0.5, 0.6) is 5.75 Å². The van der Waals surface area contributed by atoms with Crippen molar-refractivity contribution in [2.24, 2.45) is 0 Å². The van der Waals surface area contributed by atoms with E-state index in [0.717, 1.165) is 6.07 Å². The standard InChI is InChI=1S/C8H10O2/c1-10-8-4-2-3-7(5-8)6-9/h2-5,9H,6H2,1H3/i1D3,6D2. The van der Waals surface area contributed by atoms with Gasteiger partial charge in [-0.3, -0.25) is 0 Å². The lowest BCUT2D eigenvalue weighted by molar-refractivity contribution is 0.281. The molecule has 1 N–H and O–H groups in total. The molecule has 0 bridgehead atoms. The quantitative estimate of drug-likeness (QED) is 0.673. The smallest absolute Gasteiger partial charge is 0.119 e. The second-order valence-electron chi connectivity index (χ2n) is 1.74. The van der Waals surface area contributed by atoms with Crippen LogP contribution < -0.4 is 4.74 Å². The Hall–Kier alpha value is -1.02. The van der Waals surface area contributed by atoms with Crippen LogP contribution in [0.1, 0.15) is 12.4 Å². The zero-order valence-electron chi connectivity index (χ0n) is 10.2. The zero-order chi connectivity index (χ0) is 11.7. The molecule has 0 aromatic heterocycles. The van der Waals surface area contributed by atoms with Crippen molar-refractivity contribution in [2.45, 2.75) is 6.56 Å². The normalized spacial score (nSPS) is 19.5. The van der Waals surface area contributed by atoms with Gasteiger partial charge in [0.05, 0.1) is 20.5 Å². The molecule has 1 rings (SSSR count). The fourth-order valence-electron chi connectivity index (χ4n) is 0.629. The summed E-state index contributed by atoms with van der Waals surface area (Å²) in [6.07, 6.45) is 0. The van der Waals surface area contributed by atoms with Gasteiger partial charge in [0.25, 0.3) is 0 Å². The van der Waals surface area contributed by atoms with Crippen molar-refractivity contribution in [1.29, 1.82) is 0 Å². The van der Waals surface area contributed by atoms with Crippen molar-refractivity contribution in [2.75, 3.05) is 7.04 Å². The largest absolute Gasteiger partial charge is 0.497 e. The molecule has 10 heavy (non-hydrogen) atoms. The third-order valence-electron chi connectivity index (χ3n) is 1.08. The Kier molecular flexibility index (Phi) is 0.944. The van der Waals surface area contributed by atoms with Gasteiger partial charge in [0, 0.05) is 0 Å². The predicted octanol–water partition coefficient (Wildman–Crippen LogP) is 1.19. The van der Waals surface area contributed by atoms with E-state index in [4.69, 9.17) is 12.0 Å². The van der Waals surface area contributed by atoms with Gasteiger partial charge in [-0.05, 0) is 17.7 Å². The molecule has 0 radical (unpaired) electrons. The summed E-state index contributed by atoms with van der Waals surface area (Å²) in [6.45, 7) is -2.51. The minimum atomic E-state index is -2.58. The zero-order valence-corrected chi connectivity index (χ0v) is 5.16. The molecule has 0 heterocycles. The summed E-state index contributed by atoms with van der Waals surface area (Å²) in [5.41, 5.74) is -0.0516. The molecule has 54 valence electrons. The summed E-state index contributed by atoms with van der Waals surface area (Å²) in [5, 5.41) is 9.05. The van der Waals surface area contributed by atoms with Gasteiger partial charge in [-0.25, -0.2) is 0 Å². The molecule has 0 aliphatic carbocycles. The number of hydrogen-bond donors (Lipinski definition) is 1. The highest BCUT2D eigenvalue weighted by atomic mass is 16.5. The average Bonchev–Trinajstić information content (AvgIpc) is 1.99. The lowest BCUT2D eigenvalue weighted by atomic mass is 10.2. The van der Waals surface area contributed by atoms with Gasteiger partial charge in [-0.2, -0.15) is 0 Å². The van der Waals surface area contributed by atoms with Crippen LogP contribution in [0.15, 0.2) is 24.3 Å². The van der Waals surface area contributed by atoms with Gasteiger partial charge >= 0.3 is 0 Å². The Bertz CT molecular complexity index is 342. The Morgan fingerprint density at radius 1 is 1.80 bits per heavy atom. The molecule has 1 aromatic rings. The number of rotatable bonds is 2. The van der Waals surface area contributed by atoms with Gasteiger partial charge in [0.2, 0.25) is 0 Å². The van der Waals surface area contributed by atoms with Crippen LogP contribution in [0.25, 0.3) is 0 Å². The van der Waals surface area contributed by atoms with E-state index in [1.165, 1.54) is 18.2 Å². The summed E-state index contributed by atoms with van der Waals surface area (Å²) in [4.78, 5) is 0. The second kappa shape index (κ2) is 3.22. The lowest BCUT2D eigenvalue weighted by Gasteiger charge is -1.99. The minimum absolute atomic E-state index is 0.00887. The van der Waals surface area contributed by atoms with Crippen molar-refractivity contribution in [3.05, 3.63) is 29.8 Å². The van der Waals surface area contributed by atoms with E-state index in [1.807, 2.05) is 0 Å². The molecular weight excluding hydrogens is 128 g/mol. The second-order valence-corrected chi connectivity index (χ2v) is 1.74. The van der Waals surface area contributed by atoms with E-state index in [2.05, 4.69) is 4.74 Å². The SMILES string of the molecule is [2H]C([2H])([2H])Oc1cccc(C([2H])([2H])O)c1. The number of aliphatic hydroxyl groups is 1. The average molecular weight is 143 g/mol. The van der Waals surface area contributed by atoms with Crippen LogP contribution in [-0.4, -0.2) is 12.1 Å². The van der Waals surface area contributed by atoms with E-state index in [0.29, 0.717) is 0 Å². The fourth-order valence-corrected chi connectivity index (χ4v) is 0.629. The van der Waals surface area contributed by atoms with Crippen LogP contribution in [0.3, 0.4) is 0 Å². The van der Waals surface area contributed by atoms with Crippen molar-refractivity contribution in [1.82, 2.24) is 0 Å². The number of methoxy groups -OCH3 is 1. The predicted molar refractivity (Wildman–Crippen MR) is 38.9 cm³/mol. The van der Waals surface area contributed by atoms with Crippen LogP contribution in [0.2, 0.25) is 0 Å². The van der Waals surface area contributed by atoms with E-state index < -0.39 is 13.6 Å². The minimum Gasteiger partial charge on any atom is -0.497 e. The molecule has 1 aromatic carbocycles. The lowest BCUT2D eigenvalue weighted by Crippen LogP contribution is -1.85. The van der Waals surface area contributed by atoms with Crippen molar-refractivity contribution < 1.29 is 16.7 Å². The van der Waals surface area contributed by atoms with Crippen molar-refractivity contribution in [3.63, 3.8) is 0 Å². The first-order valence-electron chi connectivity index (χ1n) is 5.20. The molecule has 2 nitrogen and oxygen atoms in total. The first-order valence-corrected chi connectivity index (χ1v) is 2.70. The number of benzene rings is 1. The van der Waals surface area contributed by atoms with Crippen LogP contribution in [-0.2, 0) is 6.56 Å². The van der Waals surface area contributed by atoms with Crippen LogP contribution in [0, 0.1) is 0 Å². The molecule has 0 fully saturated rings. The molecule has 0 amide bonds. The van der Waals surface area contributed by atoms with Gasteiger partial charge in [-0.1, -0.05) is 12.1 Å². The fraction of sp³-hybridized carbons (Fsp3) is 0.250. The van der Waals surface area contributed by atoms with Gasteiger partial charge in [-0.15, -0.1) is 0 Å². The first kappa shape index (κ1) is 2.93. The van der Waals surface area contributed by atoms with Gasteiger partial charge in [0.1, 0.15) is 5.75 Å². The summed E-state index contributed by atoms with van der Waals surface area (Å²) >= 11 is 0. The molecule has 0 aliphatic heterocycles. The molecular formula is C8H10O2.